The molecule has 1 aliphatic rings. The number of nitrogens with zero attached hydrogens (tertiary/aromatic N) is 2. The number of rotatable bonds is 7. The molecule has 1 aliphatic carbocycles. The predicted molar refractivity (Wildman–Crippen MR) is 75.7 cm³/mol. The van der Waals surface area contributed by atoms with Crippen LogP contribution < -0.4 is 5.32 Å². The van der Waals surface area contributed by atoms with E-state index in [-0.39, 0.29) is 0 Å². The molecule has 1 fully saturated rings. The van der Waals surface area contributed by atoms with Gasteiger partial charge in [-0.3, -0.25) is 4.68 Å². The largest absolute Gasteiger partial charge is 0.314 e. The Morgan fingerprint density at radius 2 is 2.22 bits per heavy atom. The summed E-state index contributed by atoms with van der Waals surface area (Å²) in [6.45, 7) is 7.70. The molecule has 0 bridgehead atoms. The molecule has 0 spiro atoms. The fourth-order valence-electron chi connectivity index (χ4n) is 2.65. The fourth-order valence-corrected chi connectivity index (χ4v) is 2.65. The molecule has 1 N–H and O–H groups in total. The summed E-state index contributed by atoms with van der Waals surface area (Å²) in [6.07, 6.45) is 8.55. The smallest absolute Gasteiger partial charge is 0.0640 e. The van der Waals surface area contributed by atoms with Gasteiger partial charge in [-0.15, -0.1) is 0 Å². The molecular weight excluding hydrogens is 222 g/mol. The lowest BCUT2D eigenvalue weighted by Gasteiger charge is -2.34. The van der Waals surface area contributed by atoms with Crippen LogP contribution in [-0.4, -0.2) is 22.4 Å². The molecule has 3 nitrogen and oxygen atoms in total. The van der Waals surface area contributed by atoms with Crippen LogP contribution in [0.2, 0.25) is 0 Å². The van der Waals surface area contributed by atoms with Gasteiger partial charge in [-0.25, -0.2) is 0 Å². The molecule has 2 unspecified atom stereocenters. The number of likely N-dealkylation sites (N-methyl/N-ethyl adjacent to an activating group) is 1. The molecule has 0 saturated heterocycles. The third-order valence-corrected chi connectivity index (χ3v) is 4.32. The first-order valence-electron chi connectivity index (χ1n) is 7.52. The first kappa shape index (κ1) is 13.6. The SMILES string of the molecule is CCNC(Cc1ccn(C(C)CC)n1)C1CCC1. The molecule has 1 saturated carbocycles. The van der Waals surface area contributed by atoms with E-state index in [4.69, 9.17) is 5.10 Å². The molecule has 2 atom stereocenters. The second-order valence-electron chi connectivity index (χ2n) is 5.60. The van der Waals surface area contributed by atoms with Crippen LogP contribution in [0.1, 0.15) is 58.2 Å². The van der Waals surface area contributed by atoms with Gasteiger partial charge >= 0.3 is 0 Å². The molecule has 0 aromatic carbocycles. The third-order valence-electron chi connectivity index (χ3n) is 4.32. The topological polar surface area (TPSA) is 29.9 Å². The maximum absolute atomic E-state index is 4.72. The average molecular weight is 249 g/mol. The normalized spacial score (nSPS) is 19.5. The zero-order valence-electron chi connectivity index (χ0n) is 12.0. The summed E-state index contributed by atoms with van der Waals surface area (Å²) in [5.74, 6) is 0.874. The summed E-state index contributed by atoms with van der Waals surface area (Å²) in [5.41, 5.74) is 1.24. The van der Waals surface area contributed by atoms with Gasteiger partial charge in [0.1, 0.15) is 0 Å². The number of hydrogen-bond acceptors (Lipinski definition) is 2. The van der Waals surface area contributed by atoms with Crippen molar-refractivity contribution in [2.45, 2.75) is 65.0 Å². The number of aromatic nitrogens is 2. The van der Waals surface area contributed by atoms with Gasteiger partial charge in [-0.05, 0) is 44.7 Å². The van der Waals surface area contributed by atoms with Gasteiger partial charge in [0.25, 0.3) is 0 Å². The summed E-state index contributed by atoms with van der Waals surface area (Å²) in [7, 11) is 0. The Hall–Kier alpha value is -0.830. The Morgan fingerprint density at radius 3 is 2.78 bits per heavy atom. The van der Waals surface area contributed by atoms with E-state index >= 15 is 0 Å². The van der Waals surface area contributed by atoms with Gasteiger partial charge in [0.15, 0.2) is 0 Å². The highest BCUT2D eigenvalue weighted by molar-refractivity contribution is 5.03. The maximum Gasteiger partial charge on any atom is 0.0640 e. The van der Waals surface area contributed by atoms with Gasteiger partial charge < -0.3 is 5.32 Å². The van der Waals surface area contributed by atoms with Crippen molar-refractivity contribution in [3.8, 4) is 0 Å². The molecule has 1 aromatic heterocycles. The van der Waals surface area contributed by atoms with E-state index in [1.807, 2.05) is 0 Å². The van der Waals surface area contributed by atoms with E-state index in [0.717, 1.165) is 25.3 Å². The number of nitrogens with one attached hydrogen (secondary N) is 1. The maximum atomic E-state index is 4.72. The average Bonchev–Trinajstić information content (AvgIpc) is 2.74. The molecule has 18 heavy (non-hydrogen) atoms. The zero-order chi connectivity index (χ0) is 13.0. The van der Waals surface area contributed by atoms with Crippen LogP contribution >= 0.6 is 0 Å². The molecule has 1 aromatic rings. The van der Waals surface area contributed by atoms with Crippen molar-refractivity contribution in [2.24, 2.45) is 5.92 Å². The molecule has 0 amide bonds. The van der Waals surface area contributed by atoms with Crippen LogP contribution in [0, 0.1) is 5.92 Å². The Balaban J connectivity index is 1.95. The van der Waals surface area contributed by atoms with E-state index < -0.39 is 0 Å². The van der Waals surface area contributed by atoms with Crippen molar-refractivity contribution in [1.29, 1.82) is 0 Å². The highest BCUT2D eigenvalue weighted by Gasteiger charge is 2.27. The second kappa shape index (κ2) is 6.37. The highest BCUT2D eigenvalue weighted by atomic mass is 15.3. The molecule has 2 rings (SSSR count). The second-order valence-corrected chi connectivity index (χ2v) is 5.60. The molecule has 0 radical (unpaired) electrons. The van der Waals surface area contributed by atoms with Gasteiger partial charge in [-0.2, -0.15) is 5.10 Å². The summed E-state index contributed by atoms with van der Waals surface area (Å²) >= 11 is 0. The Bertz CT molecular complexity index is 354. The predicted octanol–water partition coefficient (Wildman–Crippen LogP) is 3.17. The van der Waals surface area contributed by atoms with Crippen LogP contribution in [0.5, 0.6) is 0 Å². The first-order chi connectivity index (χ1) is 8.74. The Kier molecular flexibility index (Phi) is 4.81. The minimum atomic E-state index is 0.514. The minimum Gasteiger partial charge on any atom is -0.314 e. The number of hydrogen-bond donors (Lipinski definition) is 1. The monoisotopic (exact) mass is 249 g/mol. The van der Waals surface area contributed by atoms with Crippen LogP contribution in [0.15, 0.2) is 12.3 Å². The van der Waals surface area contributed by atoms with Gasteiger partial charge in [-0.1, -0.05) is 20.3 Å². The van der Waals surface area contributed by atoms with Crippen molar-refractivity contribution >= 4 is 0 Å². The lowest BCUT2D eigenvalue weighted by atomic mass is 9.78. The first-order valence-corrected chi connectivity index (χ1v) is 7.52. The van der Waals surface area contributed by atoms with Crippen molar-refractivity contribution in [3.05, 3.63) is 18.0 Å². The van der Waals surface area contributed by atoms with E-state index in [1.54, 1.807) is 0 Å². The molecule has 3 heteroatoms. The Morgan fingerprint density at radius 1 is 1.44 bits per heavy atom. The van der Waals surface area contributed by atoms with Crippen LogP contribution in [0.25, 0.3) is 0 Å². The lowest BCUT2D eigenvalue weighted by molar-refractivity contribution is 0.228. The van der Waals surface area contributed by atoms with Crippen molar-refractivity contribution in [3.63, 3.8) is 0 Å². The van der Waals surface area contributed by atoms with Crippen molar-refractivity contribution in [1.82, 2.24) is 15.1 Å². The Labute approximate surface area is 111 Å². The van der Waals surface area contributed by atoms with E-state index in [0.29, 0.717) is 12.1 Å². The molecule has 102 valence electrons. The molecular formula is C15H27N3. The summed E-state index contributed by atoms with van der Waals surface area (Å²) in [6, 6.07) is 3.33. The van der Waals surface area contributed by atoms with Gasteiger partial charge in [0, 0.05) is 24.7 Å². The standard InChI is InChI=1S/C15H27N3/c1-4-12(3)18-10-9-14(17-18)11-15(16-5-2)13-7-6-8-13/h9-10,12-13,15-16H,4-8,11H2,1-3H3. The zero-order valence-corrected chi connectivity index (χ0v) is 12.0. The molecule has 0 aliphatic heterocycles. The molecule has 1 heterocycles. The van der Waals surface area contributed by atoms with Crippen LogP contribution in [-0.2, 0) is 6.42 Å². The highest BCUT2D eigenvalue weighted by Crippen LogP contribution is 2.31. The van der Waals surface area contributed by atoms with E-state index in [9.17, 15) is 0 Å². The van der Waals surface area contributed by atoms with Crippen LogP contribution in [0.4, 0.5) is 0 Å². The lowest BCUT2D eigenvalue weighted by Crippen LogP contribution is -2.41. The van der Waals surface area contributed by atoms with E-state index in [2.05, 4.69) is 43.0 Å². The minimum absolute atomic E-state index is 0.514. The van der Waals surface area contributed by atoms with E-state index in [1.165, 1.54) is 25.0 Å². The summed E-state index contributed by atoms with van der Waals surface area (Å²) in [4.78, 5) is 0. The quantitative estimate of drug-likeness (QED) is 0.804. The fraction of sp³-hybridized carbons (Fsp3) is 0.800. The third kappa shape index (κ3) is 3.14. The van der Waals surface area contributed by atoms with Crippen molar-refractivity contribution < 1.29 is 0 Å². The van der Waals surface area contributed by atoms with Crippen molar-refractivity contribution in [2.75, 3.05) is 6.54 Å². The van der Waals surface area contributed by atoms with Gasteiger partial charge in [0.2, 0.25) is 0 Å². The van der Waals surface area contributed by atoms with Crippen LogP contribution in [0.3, 0.4) is 0 Å². The summed E-state index contributed by atoms with van der Waals surface area (Å²) in [5, 5.41) is 8.36. The summed E-state index contributed by atoms with van der Waals surface area (Å²) < 4.78 is 2.11. The van der Waals surface area contributed by atoms with Gasteiger partial charge in [0.05, 0.1) is 5.69 Å².